The summed E-state index contributed by atoms with van der Waals surface area (Å²) in [6, 6.07) is 12.0. The molecule has 0 radical (unpaired) electrons. The van der Waals surface area contributed by atoms with Crippen LogP contribution in [-0.4, -0.2) is 25.1 Å². The minimum Gasteiger partial charge on any atom is -0.380 e. The fraction of sp³-hybridized carbons (Fsp3) is 0.353. The minimum atomic E-state index is -0.0758. The van der Waals surface area contributed by atoms with Crippen LogP contribution >= 0.6 is 11.3 Å². The Kier molecular flexibility index (Phi) is 5.98. The lowest BCUT2D eigenvalue weighted by Crippen LogP contribution is -2.38. The highest BCUT2D eigenvalue weighted by Gasteiger charge is 2.17. The van der Waals surface area contributed by atoms with E-state index in [1.165, 1.54) is 4.88 Å². The molecule has 1 aromatic carbocycles. The van der Waals surface area contributed by atoms with Crippen LogP contribution < -0.4 is 5.32 Å². The average molecular weight is 318 g/mol. The molecule has 0 aliphatic heterocycles. The molecule has 0 fully saturated rings. The van der Waals surface area contributed by atoms with Crippen molar-refractivity contribution in [2.75, 3.05) is 14.2 Å². The number of ether oxygens (including phenoxy) is 1. The van der Waals surface area contributed by atoms with Crippen LogP contribution in [0.4, 0.5) is 4.79 Å². The highest BCUT2D eigenvalue weighted by molar-refractivity contribution is 7.10. The van der Waals surface area contributed by atoms with Gasteiger partial charge in [-0.05, 0) is 29.5 Å². The first kappa shape index (κ1) is 16.5. The molecule has 22 heavy (non-hydrogen) atoms. The van der Waals surface area contributed by atoms with Crippen LogP contribution in [0.1, 0.15) is 29.0 Å². The van der Waals surface area contributed by atoms with E-state index in [4.69, 9.17) is 4.74 Å². The van der Waals surface area contributed by atoms with Crippen molar-refractivity contribution in [1.29, 1.82) is 0 Å². The van der Waals surface area contributed by atoms with E-state index in [2.05, 4.69) is 5.32 Å². The molecule has 2 rings (SSSR count). The van der Waals surface area contributed by atoms with Gasteiger partial charge < -0.3 is 15.0 Å². The quantitative estimate of drug-likeness (QED) is 0.880. The van der Waals surface area contributed by atoms with Crippen molar-refractivity contribution in [3.63, 3.8) is 0 Å². The van der Waals surface area contributed by atoms with E-state index in [-0.39, 0.29) is 12.1 Å². The molecule has 0 saturated heterocycles. The summed E-state index contributed by atoms with van der Waals surface area (Å²) < 4.78 is 5.19. The van der Waals surface area contributed by atoms with Gasteiger partial charge in [0.2, 0.25) is 0 Å². The standard InChI is InChI=1S/C17H22N2O2S/c1-13(16-9-6-10-22-16)19(2)17(20)18-11-14-7-4-5-8-15(14)12-21-3/h4-10,13H,11-12H2,1-3H3,(H,18,20). The van der Waals surface area contributed by atoms with E-state index in [0.717, 1.165) is 11.1 Å². The summed E-state index contributed by atoms with van der Waals surface area (Å²) in [6.45, 7) is 3.08. The minimum absolute atomic E-state index is 0.0641. The fourth-order valence-electron chi connectivity index (χ4n) is 2.22. The van der Waals surface area contributed by atoms with E-state index >= 15 is 0 Å². The third-order valence-corrected chi connectivity index (χ3v) is 4.75. The summed E-state index contributed by atoms with van der Waals surface area (Å²) in [4.78, 5) is 15.2. The maximum absolute atomic E-state index is 12.3. The molecule has 2 aromatic rings. The summed E-state index contributed by atoms with van der Waals surface area (Å²) in [5.74, 6) is 0. The summed E-state index contributed by atoms with van der Waals surface area (Å²) in [7, 11) is 3.49. The number of urea groups is 1. The molecule has 2 amide bonds. The van der Waals surface area contributed by atoms with E-state index in [1.807, 2.05) is 55.7 Å². The number of benzene rings is 1. The summed E-state index contributed by atoms with van der Waals surface area (Å²) >= 11 is 1.66. The van der Waals surface area contributed by atoms with E-state index < -0.39 is 0 Å². The molecule has 1 heterocycles. The van der Waals surface area contributed by atoms with Gasteiger partial charge in [-0.25, -0.2) is 4.79 Å². The topological polar surface area (TPSA) is 41.6 Å². The van der Waals surface area contributed by atoms with Gasteiger partial charge in [-0.3, -0.25) is 0 Å². The molecule has 0 saturated carbocycles. The van der Waals surface area contributed by atoms with Gasteiger partial charge in [-0.1, -0.05) is 30.3 Å². The molecule has 0 aliphatic carbocycles. The van der Waals surface area contributed by atoms with Crippen molar-refractivity contribution >= 4 is 17.4 Å². The normalized spacial score (nSPS) is 12.0. The van der Waals surface area contributed by atoms with Crippen molar-refractivity contribution in [2.45, 2.75) is 26.1 Å². The van der Waals surface area contributed by atoms with Gasteiger partial charge in [0, 0.05) is 25.6 Å². The molecule has 1 aromatic heterocycles. The van der Waals surface area contributed by atoms with Gasteiger partial charge in [-0.2, -0.15) is 0 Å². The Balaban J connectivity index is 1.95. The van der Waals surface area contributed by atoms with Gasteiger partial charge in [-0.15, -0.1) is 11.3 Å². The summed E-state index contributed by atoms with van der Waals surface area (Å²) in [5.41, 5.74) is 2.18. The maximum atomic E-state index is 12.3. The van der Waals surface area contributed by atoms with Gasteiger partial charge in [0.15, 0.2) is 0 Å². The van der Waals surface area contributed by atoms with Gasteiger partial charge >= 0.3 is 6.03 Å². The third-order valence-electron chi connectivity index (χ3n) is 3.70. The largest absolute Gasteiger partial charge is 0.380 e. The molecule has 1 unspecified atom stereocenters. The molecule has 1 N–H and O–H groups in total. The highest BCUT2D eigenvalue weighted by Crippen LogP contribution is 2.23. The number of carbonyl (C=O) groups excluding carboxylic acids is 1. The Bertz CT molecular complexity index is 598. The Labute approximate surface area is 135 Å². The number of nitrogens with zero attached hydrogens (tertiary/aromatic N) is 1. The third kappa shape index (κ3) is 4.08. The number of hydrogen-bond acceptors (Lipinski definition) is 3. The fourth-order valence-corrected chi connectivity index (χ4v) is 3.04. The monoisotopic (exact) mass is 318 g/mol. The first-order chi connectivity index (χ1) is 10.6. The SMILES string of the molecule is COCc1ccccc1CNC(=O)N(C)C(C)c1cccs1. The highest BCUT2D eigenvalue weighted by atomic mass is 32.1. The van der Waals surface area contributed by atoms with Gasteiger partial charge in [0.25, 0.3) is 0 Å². The van der Waals surface area contributed by atoms with Gasteiger partial charge in [0.05, 0.1) is 12.6 Å². The second kappa shape index (κ2) is 7.96. The summed E-state index contributed by atoms with van der Waals surface area (Å²) in [6.07, 6.45) is 0. The van der Waals surface area contributed by atoms with Crippen LogP contribution in [0.5, 0.6) is 0 Å². The van der Waals surface area contributed by atoms with Crippen LogP contribution in [0.25, 0.3) is 0 Å². The van der Waals surface area contributed by atoms with Crippen molar-refractivity contribution in [3.8, 4) is 0 Å². The molecular weight excluding hydrogens is 296 g/mol. The zero-order chi connectivity index (χ0) is 15.9. The van der Waals surface area contributed by atoms with Gasteiger partial charge in [0.1, 0.15) is 0 Å². The lowest BCUT2D eigenvalue weighted by Gasteiger charge is -2.24. The number of amides is 2. The molecule has 4 nitrogen and oxygen atoms in total. The first-order valence-electron chi connectivity index (χ1n) is 7.23. The molecule has 118 valence electrons. The zero-order valence-electron chi connectivity index (χ0n) is 13.2. The lowest BCUT2D eigenvalue weighted by atomic mass is 10.1. The number of thiophene rings is 1. The first-order valence-corrected chi connectivity index (χ1v) is 8.11. The van der Waals surface area contributed by atoms with E-state index in [0.29, 0.717) is 13.2 Å². The predicted molar refractivity (Wildman–Crippen MR) is 89.9 cm³/mol. The predicted octanol–water partition coefficient (Wildman–Crippen LogP) is 3.80. The molecule has 5 heteroatoms. The zero-order valence-corrected chi connectivity index (χ0v) is 14.0. The maximum Gasteiger partial charge on any atom is 0.317 e. The molecule has 0 aliphatic rings. The van der Waals surface area contributed by atoms with Crippen LogP contribution in [-0.2, 0) is 17.9 Å². The Morgan fingerprint density at radius 3 is 2.64 bits per heavy atom. The van der Waals surface area contributed by atoms with E-state index in [1.54, 1.807) is 23.3 Å². The van der Waals surface area contributed by atoms with E-state index in [9.17, 15) is 4.79 Å². The van der Waals surface area contributed by atoms with Crippen molar-refractivity contribution in [2.24, 2.45) is 0 Å². The number of methoxy groups -OCH3 is 1. The van der Waals surface area contributed by atoms with Crippen LogP contribution in [0.2, 0.25) is 0 Å². The molecule has 0 bridgehead atoms. The lowest BCUT2D eigenvalue weighted by molar-refractivity contribution is 0.183. The molecule has 1 atom stereocenters. The number of rotatable bonds is 6. The smallest absolute Gasteiger partial charge is 0.317 e. The molecular formula is C17H22N2O2S. The number of nitrogens with one attached hydrogen (secondary N) is 1. The van der Waals surface area contributed by atoms with Crippen LogP contribution in [0.3, 0.4) is 0 Å². The number of carbonyl (C=O) groups is 1. The second-order valence-electron chi connectivity index (χ2n) is 5.16. The van der Waals surface area contributed by atoms with Crippen LogP contribution in [0, 0.1) is 0 Å². The number of hydrogen-bond donors (Lipinski definition) is 1. The van der Waals surface area contributed by atoms with Crippen molar-refractivity contribution in [1.82, 2.24) is 10.2 Å². The Morgan fingerprint density at radius 2 is 2.00 bits per heavy atom. The van der Waals surface area contributed by atoms with Crippen LogP contribution in [0.15, 0.2) is 41.8 Å². The van der Waals surface area contributed by atoms with Crippen molar-refractivity contribution < 1.29 is 9.53 Å². The molecule has 0 spiro atoms. The average Bonchev–Trinajstić information content (AvgIpc) is 3.07. The Hall–Kier alpha value is -1.85. The Morgan fingerprint density at radius 1 is 1.27 bits per heavy atom. The summed E-state index contributed by atoms with van der Waals surface area (Å²) in [5, 5.41) is 5.00. The van der Waals surface area contributed by atoms with Crippen molar-refractivity contribution in [3.05, 3.63) is 57.8 Å². The second-order valence-corrected chi connectivity index (χ2v) is 6.14.